The summed E-state index contributed by atoms with van der Waals surface area (Å²) in [4.78, 5) is 4.92. The van der Waals surface area contributed by atoms with Crippen LogP contribution in [0.2, 0.25) is 0 Å². The number of nitrogens with zero attached hydrogens (tertiary/aromatic N) is 1. The molecular weight excluding hydrogens is 326 g/mol. The molecule has 1 aliphatic carbocycles. The van der Waals surface area contributed by atoms with E-state index in [1.807, 2.05) is 6.21 Å². The Balaban J connectivity index is 1.63. The van der Waals surface area contributed by atoms with Crippen LogP contribution in [-0.2, 0) is 12.8 Å². The number of hydrogen-bond acceptors (Lipinski definition) is 1. The maximum atomic E-state index is 4.92. The van der Waals surface area contributed by atoms with E-state index in [4.69, 9.17) is 4.99 Å². The number of allylic oxidation sites excluding steroid dienone is 1. The van der Waals surface area contributed by atoms with Crippen molar-refractivity contribution in [3.8, 4) is 11.1 Å². The van der Waals surface area contributed by atoms with Gasteiger partial charge in [-0.05, 0) is 75.9 Å². The fourth-order valence-corrected chi connectivity index (χ4v) is 4.57. The first kappa shape index (κ1) is 16.3. The number of aryl methyl sites for hydroxylation is 2. The minimum absolute atomic E-state index is 0.125. The van der Waals surface area contributed by atoms with Gasteiger partial charge in [0.25, 0.3) is 0 Å². The van der Waals surface area contributed by atoms with Crippen molar-refractivity contribution >= 4 is 11.8 Å². The summed E-state index contributed by atoms with van der Waals surface area (Å²) in [6.45, 7) is 4.48. The number of benzene rings is 3. The van der Waals surface area contributed by atoms with Crippen LogP contribution in [0.5, 0.6) is 0 Å². The highest BCUT2D eigenvalue weighted by atomic mass is 14.8. The molecule has 1 nitrogen and oxygen atoms in total. The third-order valence-corrected chi connectivity index (χ3v) is 6.00. The molecule has 1 atom stereocenters. The Labute approximate surface area is 161 Å². The molecule has 0 spiro atoms. The van der Waals surface area contributed by atoms with Crippen LogP contribution < -0.4 is 0 Å². The molecule has 5 rings (SSSR count). The van der Waals surface area contributed by atoms with E-state index in [2.05, 4.69) is 80.6 Å². The van der Waals surface area contributed by atoms with Gasteiger partial charge in [-0.15, -0.1) is 0 Å². The van der Waals surface area contributed by atoms with Crippen LogP contribution in [0.1, 0.15) is 46.3 Å². The predicted octanol–water partition coefficient (Wildman–Crippen LogP) is 6.34. The first-order valence-electron chi connectivity index (χ1n) is 9.80. The van der Waals surface area contributed by atoms with Crippen LogP contribution in [0.4, 0.5) is 0 Å². The van der Waals surface area contributed by atoms with Crippen molar-refractivity contribution in [3.63, 3.8) is 0 Å². The molecule has 2 aliphatic rings. The van der Waals surface area contributed by atoms with E-state index in [0.29, 0.717) is 0 Å². The minimum Gasteiger partial charge on any atom is -0.280 e. The smallest absolute Gasteiger partial charge is 0.0945 e. The maximum Gasteiger partial charge on any atom is 0.0945 e. The molecule has 0 saturated heterocycles. The molecule has 132 valence electrons. The van der Waals surface area contributed by atoms with Crippen LogP contribution in [-0.4, -0.2) is 6.21 Å². The molecule has 3 aromatic carbocycles. The molecule has 0 saturated carbocycles. The lowest BCUT2D eigenvalue weighted by Gasteiger charge is -2.17. The highest BCUT2D eigenvalue weighted by Crippen LogP contribution is 2.44. The molecule has 0 bridgehead atoms. The van der Waals surface area contributed by atoms with Gasteiger partial charge in [-0.1, -0.05) is 67.6 Å². The number of fused-ring (bicyclic) bond motifs is 3. The standard InChI is InChI=1S/C26H23N/c1-3-18-12-13-22-21-11-7-8-17(2)23(21)15-24(22)26(18)25-14-20(16-27-25)19-9-5-4-6-10-19/h4-14,16,25H,3,15H2,1-2H3. The largest absolute Gasteiger partial charge is 0.280 e. The average molecular weight is 349 g/mol. The number of hydrogen-bond donors (Lipinski definition) is 0. The van der Waals surface area contributed by atoms with Gasteiger partial charge in [0.15, 0.2) is 0 Å². The molecular formula is C26H23N. The highest BCUT2D eigenvalue weighted by Gasteiger charge is 2.28. The van der Waals surface area contributed by atoms with Crippen molar-refractivity contribution in [2.45, 2.75) is 32.7 Å². The van der Waals surface area contributed by atoms with E-state index in [1.54, 1.807) is 0 Å². The lowest BCUT2D eigenvalue weighted by atomic mass is 9.89. The van der Waals surface area contributed by atoms with E-state index in [1.165, 1.54) is 50.1 Å². The molecule has 0 N–H and O–H groups in total. The van der Waals surface area contributed by atoms with Crippen LogP contribution in [0.15, 0.2) is 71.7 Å². The maximum absolute atomic E-state index is 4.92. The van der Waals surface area contributed by atoms with E-state index in [9.17, 15) is 0 Å². The topological polar surface area (TPSA) is 12.4 Å². The summed E-state index contributed by atoms with van der Waals surface area (Å²) >= 11 is 0. The Morgan fingerprint density at radius 3 is 2.52 bits per heavy atom. The fourth-order valence-electron chi connectivity index (χ4n) is 4.57. The first-order chi connectivity index (χ1) is 13.3. The van der Waals surface area contributed by atoms with Gasteiger partial charge in [0.1, 0.15) is 0 Å². The van der Waals surface area contributed by atoms with Gasteiger partial charge in [0, 0.05) is 6.21 Å². The third-order valence-electron chi connectivity index (χ3n) is 6.00. The summed E-state index contributed by atoms with van der Waals surface area (Å²) in [5, 5.41) is 0. The summed E-state index contributed by atoms with van der Waals surface area (Å²) in [5.74, 6) is 0. The van der Waals surface area contributed by atoms with Crippen LogP contribution in [0.25, 0.3) is 16.7 Å². The predicted molar refractivity (Wildman–Crippen MR) is 114 cm³/mol. The summed E-state index contributed by atoms with van der Waals surface area (Å²) in [6.07, 6.45) is 6.45. The Hall–Kier alpha value is -2.93. The quantitative estimate of drug-likeness (QED) is 0.409. The van der Waals surface area contributed by atoms with Crippen LogP contribution >= 0.6 is 0 Å². The minimum atomic E-state index is 0.125. The van der Waals surface area contributed by atoms with E-state index in [0.717, 1.165) is 12.8 Å². The van der Waals surface area contributed by atoms with Gasteiger partial charge in [0.05, 0.1) is 6.04 Å². The van der Waals surface area contributed by atoms with Gasteiger partial charge in [-0.3, -0.25) is 4.99 Å². The van der Waals surface area contributed by atoms with Gasteiger partial charge in [0.2, 0.25) is 0 Å². The molecule has 1 unspecified atom stereocenters. The zero-order chi connectivity index (χ0) is 18.4. The monoisotopic (exact) mass is 349 g/mol. The zero-order valence-electron chi connectivity index (χ0n) is 15.9. The second kappa shape index (κ2) is 6.35. The van der Waals surface area contributed by atoms with Crippen molar-refractivity contribution in [1.82, 2.24) is 0 Å². The molecule has 0 aromatic heterocycles. The van der Waals surface area contributed by atoms with Crippen LogP contribution in [0, 0.1) is 6.92 Å². The van der Waals surface area contributed by atoms with Crippen LogP contribution in [0.3, 0.4) is 0 Å². The van der Waals surface area contributed by atoms with Gasteiger partial charge in [-0.25, -0.2) is 0 Å². The summed E-state index contributed by atoms with van der Waals surface area (Å²) < 4.78 is 0. The summed E-state index contributed by atoms with van der Waals surface area (Å²) in [7, 11) is 0. The van der Waals surface area contributed by atoms with Crippen molar-refractivity contribution in [2.75, 3.05) is 0 Å². The Kier molecular flexibility index (Phi) is 3.82. The van der Waals surface area contributed by atoms with Crippen molar-refractivity contribution in [2.24, 2.45) is 4.99 Å². The Morgan fingerprint density at radius 2 is 1.70 bits per heavy atom. The Morgan fingerprint density at radius 1 is 0.889 bits per heavy atom. The normalized spacial score (nSPS) is 17.0. The molecule has 3 aromatic rings. The molecule has 1 aliphatic heterocycles. The van der Waals surface area contributed by atoms with E-state index in [-0.39, 0.29) is 6.04 Å². The second-order valence-corrected chi connectivity index (χ2v) is 7.51. The molecule has 0 fully saturated rings. The lowest BCUT2D eigenvalue weighted by molar-refractivity contribution is 0.885. The molecule has 0 amide bonds. The highest BCUT2D eigenvalue weighted by molar-refractivity contribution is 6.12. The first-order valence-corrected chi connectivity index (χ1v) is 9.80. The van der Waals surface area contributed by atoms with Crippen molar-refractivity contribution in [1.29, 1.82) is 0 Å². The number of aliphatic imine (C=N–C) groups is 1. The molecule has 1 heterocycles. The van der Waals surface area contributed by atoms with Gasteiger partial charge >= 0.3 is 0 Å². The molecule has 0 radical (unpaired) electrons. The molecule has 27 heavy (non-hydrogen) atoms. The van der Waals surface area contributed by atoms with E-state index >= 15 is 0 Å². The van der Waals surface area contributed by atoms with Crippen molar-refractivity contribution < 1.29 is 0 Å². The Bertz CT molecular complexity index is 1090. The van der Waals surface area contributed by atoms with Gasteiger partial charge < -0.3 is 0 Å². The summed E-state index contributed by atoms with van der Waals surface area (Å²) in [6, 6.07) is 22.0. The van der Waals surface area contributed by atoms with E-state index < -0.39 is 0 Å². The SMILES string of the molecule is CCc1ccc2c(c1C1C=C(c3ccccc3)C=N1)Cc1c(C)cccc1-2. The van der Waals surface area contributed by atoms with Gasteiger partial charge in [-0.2, -0.15) is 0 Å². The van der Waals surface area contributed by atoms with Crippen molar-refractivity contribution in [3.05, 3.63) is 100 Å². The zero-order valence-corrected chi connectivity index (χ0v) is 15.9. The average Bonchev–Trinajstić information content (AvgIpc) is 3.34. The lowest BCUT2D eigenvalue weighted by Crippen LogP contribution is -2.02. The molecule has 1 heteroatoms. The summed E-state index contributed by atoms with van der Waals surface area (Å²) in [5.41, 5.74) is 12.5. The third kappa shape index (κ3) is 2.57. The fraction of sp³-hybridized carbons (Fsp3) is 0.192. The number of rotatable bonds is 3. The second-order valence-electron chi connectivity index (χ2n) is 7.51.